The third-order valence-electron chi connectivity index (χ3n) is 3.98. The number of piperidine rings is 1. The molecule has 1 aliphatic rings. The second-order valence-corrected chi connectivity index (χ2v) is 5.52. The van der Waals surface area contributed by atoms with Crippen LogP contribution in [0.5, 0.6) is 0 Å². The first-order valence-electron chi connectivity index (χ1n) is 7.66. The Hall–Kier alpha value is -2.76. The summed E-state index contributed by atoms with van der Waals surface area (Å²) in [7, 11) is 0. The molecule has 0 radical (unpaired) electrons. The fourth-order valence-corrected chi connectivity index (χ4v) is 2.84. The Morgan fingerprint density at radius 1 is 1.30 bits per heavy atom. The van der Waals surface area contributed by atoms with E-state index in [0.29, 0.717) is 11.7 Å². The van der Waals surface area contributed by atoms with Crippen LogP contribution in [0.1, 0.15) is 24.3 Å². The Morgan fingerprint density at radius 3 is 2.96 bits per heavy atom. The fraction of sp³-hybridized carbons (Fsp3) is 0.294. The molecule has 1 fully saturated rings. The quantitative estimate of drug-likeness (QED) is 0.879. The number of nitrogens with zero attached hydrogens (tertiary/aromatic N) is 4. The summed E-state index contributed by atoms with van der Waals surface area (Å²) < 4.78 is 0. The number of amides is 1. The van der Waals surface area contributed by atoms with Crippen LogP contribution in [0.2, 0.25) is 0 Å². The summed E-state index contributed by atoms with van der Waals surface area (Å²) in [5.41, 5.74) is 1.17. The normalized spacial score (nSPS) is 17.6. The van der Waals surface area contributed by atoms with Gasteiger partial charge in [-0.2, -0.15) is 0 Å². The lowest BCUT2D eigenvalue weighted by Crippen LogP contribution is -2.38. The van der Waals surface area contributed by atoms with E-state index in [1.54, 1.807) is 24.8 Å². The maximum Gasteiger partial charge on any atom is 0.245 e. The van der Waals surface area contributed by atoms with E-state index in [4.69, 9.17) is 0 Å². The van der Waals surface area contributed by atoms with Gasteiger partial charge in [-0.05, 0) is 36.6 Å². The summed E-state index contributed by atoms with van der Waals surface area (Å²) in [6.07, 6.45) is 10.1. The zero-order valence-electron chi connectivity index (χ0n) is 12.9. The smallest absolute Gasteiger partial charge is 0.245 e. The molecule has 1 N–H and O–H groups in total. The Labute approximate surface area is 135 Å². The molecule has 118 valence electrons. The summed E-state index contributed by atoms with van der Waals surface area (Å²) >= 11 is 0. The van der Waals surface area contributed by atoms with Crippen LogP contribution in [0.4, 0.5) is 11.6 Å². The SMILES string of the molecule is C=CC(=O)N1CCC[C@@H](c2ccnc(Nc3cnccn3)c2)C1. The van der Waals surface area contributed by atoms with Gasteiger partial charge in [0.25, 0.3) is 0 Å². The first-order valence-corrected chi connectivity index (χ1v) is 7.66. The maximum atomic E-state index is 11.8. The highest BCUT2D eigenvalue weighted by Crippen LogP contribution is 2.28. The van der Waals surface area contributed by atoms with Gasteiger partial charge in [0.1, 0.15) is 11.6 Å². The van der Waals surface area contributed by atoms with Gasteiger partial charge < -0.3 is 10.2 Å². The largest absolute Gasteiger partial charge is 0.339 e. The van der Waals surface area contributed by atoms with E-state index in [0.717, 1.165) is 31.7 Å². The van der Waals surface area contributed by atoms with Crippen LogP contribution in [-0.2, 0) is 4.79 Å². The molecule has 6 heteroatoms. The Balaban J connectivity index is 1.74. The lowest BCUT2D eigenvalue weighted by atomic mass is 9.91. The minimum atomic E-state index is 0.00154. The zero-order valence-corrected chi connectivity index (χ0v) is 12.9. The minimum Gasteiger partial charge on any atom is -0.339 e. The summed E-state index contributed by atoms with van der Waals surface area (Å²) in [4.78, 5) is 26.2. The third kappa shape index (κ3) is 3.71. The van der Waals surface area contributed by atoms with Crippen molar-refractivity contribution < 1.29 is 4.79 Å². The highest BCUT2D eigenvalue weighted by atomic mass is 16.2. The average Bonchev–Trinajstić information content (AvgIpc) is 2.62. The molecule has 23 heavy (non-hydrogen) atoms. The van der Waals surface area contributed by atoms with Crippen molar-refractivity contribution in [3.8, 4) is 0 Å². The van der Waals surface area contributed by atoms with Crippen molar-refractivity contribution in [2.45, 2.75) is 18.8 Å². The second kappa shape index (κ2) is 7.00. The van der Waals surface area contributed by atoms with E-state index in [1.165, 1.54) is 11.6 Å². The van der Waals surface area contributed by atoms with Crippen LogP contribution in [-0.4, -0.2) is 38.8 Å². The van der Waals surface area contributed by atoms with E-state index in [9.17, 15) is 4.79 Å². The van der Waals surface area contributed by atoms with Crippen molar-refractivity contribution in [2.24, 2.45) is 0 Å². The Bertz CT molecular complexity index is 688. The number of likely N-dealkylation sites (tertiary alicyclic amines) is 1. The first-order chi connectivity index (χ1) is 11.3. The van der Waals surface area contributed by atoms with E-state index < -0.39 is 0 Å². The number of nitrogens with one attached hydrogen (secondary N) is 1. The van der Waals surface area contributed by atoms with Crippen LogP contribution < -0.4 is 5.32 Å². The monoisotopic (exact) mass is 309 g/mol. The summed E-state index contributed by atoms with van der Waals surface area (Å²) in [6.45, 7) is 5.09. The van der Waals surface area contributed by atoms with Gasteiger partial charge in [0.15, 0.2) is 0 Å². The maximum absolute atomic E-state index is 11.8. The van der Waals surface area contributed by atoms with Gasteiger partial charge in [-0.25, -0.2) is 9.97 Å². The molecule has 1 amide bonds. The Morgan fingerprint density at radius 2 is 2.17 bits per heavy atom. The van der Waals surface area contributed by atoms with Gasteiger partial charge in [-0.15, -0.1) is 0 Å². The van der Waals surface area contributed by atoms with Crippen LogP contribution in [0.25, 0.3) is 0 Å². The molecule has 6 nitrogen and oxygen atoms in total. The molecule has 2 aromatic heterocycles. The Kier molecular flexibility index (Phi) is 4.61. The lowest BCUT2D eigenvalue weighted by Gasteiger charge is -2.32. The molecule has 1 atom stereocenters. The van der Waals surface area contributed by atoms with Crippen molar-refractivity contribution in [1.29, 1.82) is 0 Å². The molecule has 0 saturated carbocycles. The summed E-state index contributed by atoms with van der Waals surface area (Å²) in [5, 5.41) is 3.15. The molecule has 0 spiro atoms. The number of aromatic nitrogens is 3. The molecule has 0 bridgehead atoms. The summed E-state index contributed by atoms with van der Waals surface area (Å²) in [6, 6.07) is 4.02. The van der Waals surface area contributed by atoms with Crippen molar-refractivity contribution in [2.75, 3.05) is 18.4 Å². The number of rotatable bonds is 4. The van der Waals surface area contributed by atoms with E-state index in [1.807, 2.05) is 17.0 Å². The third-order valence-corrected chi connectivity index (χ3v) is 3.98. The van der Waals surface area contributed by atoms with Gasteiger partial charge in [-0.1, -0.05) is 6.58 Å². The van der Waals surface area contributed by atoms with E-state index in [2.05, 4.69) is 26.8 Å². The van der Waals surface area contributed by atoms with Gasteiger partial charge in [0, 0.05) is 37.6 Å². The van der Waals surface area contributed by atoms with Crippen molar-refractivity contribution in [3.05, 3.63) is 55.1 Å². The van der Waals surface area contributed by atoms with Crippen molar-refractivity contribution >= 4 is 17.5 Å². The lowest BCUT2D eigenvalue weighted by molar-refractivity contribution is -0.127. The first kappa shape index (κ1) is 15.1. The predicted octanol–water partition coefficient (Wildman–Crippen LogP) is 2.51. The molecular formula is C17H19N5O. The standard InChI is InChI=1S/C17H19N5O/c1-2-17(23)22-9-3-4-14(12-22)13-5-6-19-15(10-13)21-16-11-18-7-8-20-16/h2,5-8,10-11,14H,1,3-4,9,12H2,(H,19,20,21)/t14-/m1/s1. The number of hydrogen-bond acceptors (Lipinski definition) is 5. The molecule has 0 unspecified atom stereocenters. The van der Waals surface area contributed by atoms with Gasteiger partial charge in [-0.3, -0.25) is 9.78 Å². The van der Waals surface area contributed by atoms with Crippen LogP contribution in [0.15, 0.2) is 49.6 Å². The van der Waals surface area contributed by atoms with Crippen LogP contribution >= 0.6 is 0 Å². The molecule has 0 aliphatic carbocycles. The zero-order chi connectivity index (χ0) is 16.1. The highest BCUT2D eigenvalue weighted by Gasteiger charge is 2.23. The molecule has 1 saturated heterocycles. The number of hydrogen-bond donors (Lipinski definition) is 1. The molecule has 3 heterocycles. The highest BCUT2D eigenvalue weighted by molar-refractivity contribution is 5.87. The predicted molar refractivity (Wildman–Crippen MR) is 88.3 cm³/mol. The molecular weight excluding hydrogens is 290 g/mol. The fourth-order valence-electron chi connectivity index (χ4n) is 2.84. The minimum absolute atomic E-state index is 0.00154. The van der Waals surface area contributed by atoms with Gasteiger partial charge >= 0.3 is 0 Å². The second-order valence-electron chi connectivity index (χ2n) is 5.52. The van der Waals surface area contributed by atoms with Crippen molar-refractivity contribution in [3.63, 3.8) is 0 Å². The topological polar surface area (TPSA) is 71.0 Å². The summed E-state index contributed by atoms with van der Waals surface area (Å²) in [5.74, 6) is 1.71. The number of pyridine rings is 1. The molecule has 1 aliphatic heterocycles. The average molecular weight is 309 g/mol. The number of carbonyl (C=O) groups is 1. The van der Waals surface area contributed by atoms with Gasteiger partial charge in [0.2, 0.25) is 5.91 Å². The number of carbonyl (C=O) groups excluding carboxylic acids is 1. The molecule has 2 aromatic rings. The van der Waals surface area contributed by atoms with Crippen molar-refractivity contribution in [1.82, 2.24) is 19.9 Å². The van der Waals surface area contributed by atoms with Crippen LogP contribution in [0, 0.1) is 0 Å². The van der Waals surface area contributed by atoms with E-state index in [-0.39, 0.29) is 5.91 Å². The number of anilines is 2. The molecule has 0 aromatic carbocycles. The molecule has 3 rings (SSSR count). The van der Waals surface area contributed by atoms with E-state index >= 15 is 0 Å². The van der Waals surface area contributed by atoms with Crippen LogP contribution in [0.3, 0.4) is 0 Å². The van der Waals surface area contributed by atoms with Gasteiger partial charge in [0.05, 0.1) is 6.20 Å².